The summed E-state index contributed by atoms with van der Waals surface area (Å²) in [5.74, 6) is -1.48. The van der Waals surface area contributed by atoms with Crippen LogP contribution in [-0.4, -0.2) is 35.3 Å². The second-order valence-electron chi connectivity index (χ2n) is 6.87. The molecule has 0 atom stereocenters. The van der Waals surface area contributed by atoms with Gasteiger partial charge < -0.3 is 19.3 Å². The third-order valence-electron chi connectivity index (χ3n) is 5.08. The van der Waals surface area contributed by atoms with Gasteiger partial charge in [0, 0.05) is 25.3 Å². The Morgan fingerprint density at radius 3 is 2.62 bits per heavy atom. The summed E-state index contributed by atoms with van der Waals surface area (Å²) in [6.45, 7) is 3.63. The van der Waals surface area contributed by atoms with Crippen LogP contribution in [0, 0.1) is 5.82 Å². The highest BCUT2D eigenvalue weighted by molar-refractivity contribution is 5.97. The summed E-state index contributed by atoms with van der Waals surface area (Å²) in [6.07, 6.45) is 5.16. The Hall–Kier alpha value is -2.57. The SMILES string of the molecule is CCOc1c(N2CCCC2)c(F)cc2c(=O)c(C(=O)O)cn(C3CC3)c12. The van der Waals surface area contributed by atoms with E-state index in [9.17, 15) is 19.1 Å². The summed E-state index contributed by atoms with van der Waals surface area (Å²) in [6, 6.07) is 1.30. The zero-order chi connectivity index (χ0) is 18.4. The lowest BCUT2D eigenvalue weighted by atomic mass is 10.1. The van der Waals surface area contributed by atoms with E-state index in [1.165, 1.54) is 12.3 Å². The fourth-order valence-electron chi connectivity index (χ4n) is 3.75. The summed E-state index contributed by atoms with van der Waals surface area (Å²) >= 11 is 0. The summed E-state index contributed by atoms with van der Waals surface area (Å²) in [5.41, 5.74) is -0.112. The van der Waals surface area contributed by atoms with Crippen LogP contribution in [0.1, 0.15) is 49.0 Å². The predicted molar refractivity (Wildman–Crippen MR) is 96.0 cm³/mol. The van der Waals surface area contributed by atoms with E-state index in [0.29, 0.717) is 23.6 Å². The maximum atomic E-state index is 15.0. The molecule has 1 aromatic carbocycles. The molecule has 2 aliphatic rings. The number of ether oxygens (including phenoxy) is 1. The number of carbonyl (C=O) groups is 1. The molecule has 1 aromatic heterocycles. The highest BCUT2D eigenvalue weighted by atomic mass is 19.1. The molecule has 0 amide bonds. The first-order chi connectivity index (χ1) is 12.5. The molecule has 7 heteroatoms. The lowest BCUT2D eigenvalue weighted by Gasteiger charge is -2.24. The molecular formula is C19H21FN2O4. The molecule has 1 saturated heterocycles. The van der Waals surface area contributed by atoms with E-state index in [2.05, 4.69) is 0 Å². The van der Waals surface area contributed by atoms with Crippen LogP contribution in [-0.2, 0) is 0 Å². The molecule has 4 rings (SSSR count). The van der Waals surface area contributed by atoms with Crippen LogP contribution in [0.5, 0.6) is 5.75 Å². The van der Waals surface area contributed by atoms with Crippen molar-refractivity contribution in [1.82, 2.24) is 4.57 Å². The van der Waals surface area contributed by atoms with Gasteiger partial charge >= 0.3 is 5.97 Å². The van der Waals surface area contributed by atoms with Crippen molar-refractivity contribution in [2.45, 2.75) is 38.6 Å². The number of anilines is 1. The van der Waals surface area contributed by atoms with Crippen molar-refractivity contribution < 1.29 is 19.0 Å². The lowest BCUT2D eigenvalue weighted by molar-refractivity contribution is 0.0695. The zero-order valence-corrected chi connectivity index (χ0v) is 14.6. The third-order valence-corrected chi connectivity index (χ3v) is 5.08. The number of hydrogen-bond acceptors (Lipinski definition) is 4. The number of pyridine rings is 1. The van der Waals surface area contributed by atoms with E-state index in [-0.39, 0.29) is 17.0 Å². The second-order valence-corrected chi connectivity index (χ2v) is 6.87. The van der Waals surface area contributed by atoms with Crippen LogP contribution in [0.25, 0.3) is 10.9 Å². The van der Waals surface area contributed by atoms with Gasteiger partial charge in [-0.3, -0.25) is 4.79 Å². The van der Waals surface area contributed by atoms with Crippen molar-refractivity contribution in [2.75, 3.05) is 24.6 Å². The Labute approximate surface area is 149 Å². The van der Waals surface area contributed by atoms with Crippen LogP contribution in [0.2, 0.25) is 0 Å². The molecule has 2 heterocycles. The van der Waals surface area contributed by atoms with Crippen LogP contribution in [0.15, 0.2) is 17.1 Å². The van der Waals surface area contributed by atoms with Crippen LogP contribution < -0.4 is 15.1 Å². The number of halogens is 1. The Balaban J connectivity index is 2.09. The van der Waals surface area contributed by atoms with Crippen LogP contribution in [0.4, 0.5) is 10.1 Å². The van der Waals surface area contributed by atoms with Gasteiger partial charge in [-0.2, -0.15) is 0 Å². The van der Waals surface area contributed by atoms with Crippen molar-refractivity contribution in [3.05, 3.63) is 33.9 Å². The Morgan fingerprint density at radius 2 is 2.04 bits per heavy atom. The van der Waals surface area contributed by atoms with Gasteiger partial charge in [0.1, 0.15) is 11.3 Å². The molecule has 0 spiro atoms. The third kappa shape index (κ3) is 2.62. The monoisotopic (exact) mass is 360 g/mol. The fraction of sp³-hybridized carbons (Fsp3) is 0.474. The van der Waals surface area contributed by atoms with Gasteiger partial charge in [0.05, 0.1) is 17.5 Å². The minimum atomic E-state index is -1.30. The highest BCUT2D eigenvalue weighted by Gasteiger charge is 2.31. The van der Waals surface area contributed by atoms with Gasteiger partial charge in [-0.15, -0.1) is 0 Å². The van der Waals surface area contributed by atoms with Gasteiger partial charge in [0.2, 0.25) is 5.43 Å². The predicted octanol–water partition coefficient (Wildman–Crippen LogP) is 3.17. The van der Waals surface area contributed by atoms with E-state index in [0.717, 1.165) is 38.8 Å². The number of rotatable bonds is 5. The standard InChI is InChI=1S/C19H21FN2O4/c1-2-26-18-15-12(9-14(20)16(18)21-7-3-4-8-21)17(23)13(19(24)25)10-22(15)11-5-6-11/h9-11H,2-8H2,1H3,(H,24,25). The summed E-state index contributed by atoms with van der Waals surface area (Å²) in [5, 5.41) is 9.44. The number of hydrogen-bond donors (Lipinski definition) is 1. The zero-order valence-electron chi connectivity index (χ0n) is 14.6. The topological polar surface area (TPSA) is 71.8 Å². The average molecular weight is 360 g/mol. The normalized spacial score (nSPS) is 17.1. The van der Waals surface area contributed by atoms with Crippen molar-refractivity contribution in [3.8, 4) is 5.75 Å². The summed E-state index contributed by atoms with van der Waals surface area (Å²) in [4.78, 5) is 26.1. The van der Waals surface area contributed by atoms with Gasteiger partial charge in [-0.25, -0.2) is 9.18 Å². The van der Waals surface area contributed by atoms with Gasteiger partial charge in [-0.1, -0.05) is 0 Å². The molecule has 1 aliphatic carbocycles. The first kappa shape index (κ1) is 16.9. The maximum absolute atomic E-state index is 15.0. The Bertz CT molecular complexity index is 943. The number of benzene rings is 1. The maximum Gasteiger partial charge on any atom is 0.341 e. The average Bonchev–Trinajstić information content (AvgIpc) is 3.31. The van der Waals surface area contributed by atoms with Crippen LogP contribution >= 0.6 is 0 Å². The van der Waals surface area contributed by atoms with Gasteiger partial charge in [-0.05, 0) is 38.7 Å². The number of aromatic carboxylic acids is 1. The molecule has 1 aliphatic heterocycles. The first-order valence-corrected chi connectivity index (χ1v) is 9.05. The number of nitrogens with zero attached hydrogens (tertiary/aromatic N) is 2. The summed E-state index contributed by atoms with van der Waals surface area (Å²) < 4.78 is 22.6. The number of carboxylic acids is 1. The van der Waals surface area contributed by atoms with Crippen molar-refractivity contribution in [1.29, 1.82) is 0 Å². The molecule has 1 saturated carbocycles. The van der Waals surface area contributed by atoms with Gasteiger partial charge in [0.15, 0.2) is 11.6 Å². The fourth-order valence-corrected chi connectivity index (χ4v) is 3.75. The molecule has 26 heavy (non-hydrogen) atoms. The minimum Gasteiger partial charge on any atom is -0.489 e. The molecule has 6 nitrogen and oxygen atoms in total. The van der Waals surface area contributed by atoms with Gasteiger partial charge in [0.25, 0.3) is 0 Å². The first-order valence-electron chi connectivity index (χ1n) is 9.05. The van der Waals surface area contributed by atoms with Crippen molar-refractivity contribution in [3.63, 3.8) is 0 Å². The van der Waals surface area contributed by atoms with E-state index >= 15 is 0 Å². The quantitative estimate of drug-likeness (QED) is 0.887. The molecule has 0 bridgehead atoms. The second kappa shape index (κ2) is 6.30. The molecule has 2 aromatic rings. The lowest BCUT2D eigenvalue weighted by Crippen LogP contribution is -2.23. The number of aromatic nitrogens is 1. The van der Waals surface area contributed by atoms with E-state index in [1.807, 2.05) is 11.8 Å². The highest BCUT2D eigenvalue weighted by Crippen LogP contribution is 2.44. The molecule has 0 radical (unpaired) electrons. The molecule has 2 fully saturated rings. The molecule has 1 N–H and O–H groups in total. The van der Waals surface area contributed by atoms with E-state index in [1.54, 1.807) is 4.57 Å². The van der Waals surface area contributed by atoms with E-state index in [4.69, 9.17) is 4.74 Å². The molecule has 0 unspecified atom stereocenters. The van der Waals surface area contributed by atoms with Crippen LogP contribution in [0.3, 0.4) is 0 Å². The Morgan fingerprint density at radius 1 is 1.35 bits per heavy atom. The largest absolute Gasteiger partial charge is 0.489 e. The minimum absolute atomic E-state index is 0.0701. The van der Waals surface area contributed by atoms with Crippen molar-refractivity contribution in [2.24, 2.45) is 0 Å². The van der Waals surface area contributed by atoms with Crippen molar-refractivity contribution >= 4 is 22.6 Å². The Kier molecular flexibility index (Phi) is 4.09. The summed E-state index contributed by atoms with van der Waals surface area (Å²) in [7, 11) is 0. The smallest absolute Gasteiger partial charge is 0.341 e. The number of carboxylic acid groups (broad SMARTS) is 1. The molecular weight excluding hydrogens is 339 g/mol. The molecule has 138 valence electrons. The van der Waals surface area contributed by atoms with E-state index < -0.39 is 17.2 Å². The number of fused-ring (bicyclic) bond motifs is 1.